The van der Waals surface area contributed by atoms with Crippen LogP contribution in [0.15, 0.2) is 24.4 Å². The van der Waals surface area contributed by atoms with Crippen LogP contribution >= 0.6 is 0 Å². The van der Waals surface area contributed by atoms with E-state index in [1.165, 1.54) is 22.3 Å². The fraction of sp³-hybridized carbons (Fsp3) is 0.412. The average molecular weight is 269 g/mol. The molecular weight excluding hydrogens is 246 g/mol. The molecule has 0 aliphatic rings. The van der Waals surface area contributed by atoms with Crippen LogP contribution < -0.4 is 5.32 Å². The van der Waals surface area contributed by atoms with Crippen molar-refractivity contribution < 1.29 is 0 Å². The molecule has 106 valence electrons. The Morgan fingerprint density at radius 1 is 1.10 bits per heavy atom. The van der Waals surface area contributed by atoms with Gasteiger partial charge in [-0.05, 0) is 63.9 Å². The number of aryl methyl sites for hydroxylation is 4. The van der Waals surface area contributed by atoms with Gasteiger partial charge in [-0.3, -0.25) is 0 Å². The third kappa shape index (κ3) is 3.23. The number of hydrogen-bond acceptors (Lipinski definition) is 3. The number of nitrogens with zero attached hydrogens (tertiary/aromatic N) is 2. The van der Waals surface area contributed by atoms with Crippen LogP contribution in [0.3, 0.4) is 0 Å². The zero-order valence-electron chi connectivity index (χ0n) is 13.0. The smallest absolute Gasteiger partial charge is 0.125 e. The maximum absolute atomic E-state index is 4.54. The monoisotopic (exact) mass is 269 g/mol. The van der Waals surface area contributed by atoms with Crippen molar-refractivity contribution in [2.24, 2.45) is 0 Å². The van der Waals surface area contributed by atoms with Gasteiger partial charge in [0.2, 0.25) is 0 Å². The van der Waals surface area contributed by atoms with Crippen LogP contribution in [0.4, 0.5) is 0 Å². The summed E-state index contributed by atoms with van der Waals surface area (Å²) >= 11 is 0. The zero-order valence-corrected chi connectivity index (χ0v) is 13.0. The van der Waals surface area contributed by atoms with Crippen molar-refractivity contribution in [1.29, 1.82) is 0 Å². The Bertz CT molecular complexity index is 582. The van der Waals surface area contributed by atoms with E-state index in [0.717, 1.165) is 17.9 Å². The quantitative estimate of drug-likeness (QED) is 0.926. The highest BCUT2D eigenvalue weighted by atomic mass is 14.9. The fourth-order valence-electron chi connectivity index (χ4n) is 2.76. The number of benzene rings is 1. The molecule has 0 aliphatic heterocycles. The fourth-order valence-corrected chi connectivity index (χ4v) is 2.76. The molecule has 0 amide bonds. The van der Waals surface area contributed by atoms with Crippen molar-refractivity contribution in [3.05, 3.63) is 58.2 Å². The number of hydrogen-bond donors (Lipinski definition) is 1. The Hall–Kier alpha value is -1.74. The summed E-state index contributed by atoms with van der Waals surface area (Å²) in [5, 5.41) is 3.37. The summed E-state index contributed by atoms with van der Waals surface area (Å²) in [4.78, 5) is 8.72. The molecule has 3 heteroatoms. The second-order valence-electron chi connectivity index (χ2n) is 5.45. The molecule has 1 aromatic heterocycles. The Morgan fingerprint density at radius 3 is 2.30 bits per heavy atom. The highest BCUT2D eigenvalue weighted by Crippen LogP contribution is 2.23. The second kappa shape index (κ2) is 6.14. The summed E-state index contributed by atoms with van der Waals surface area (Å²) in [6, 6.07) is 6.71. The van der Waals surface area contributed by atoms with Gasteiger partial charge in [0, 0.05) is 6.20 Å². The molecule has 0 fully saturated rings. The lowest BCUT2D eigenvalue weighted by atomic mass is 9.93. The second-order valence-corrected chi connectivity index (χ2v) is 5.45. The largest absolute Gasteiger partial charge is 0.311 e. The Kier molecular flexibility index (Phi) is 4.50. The van der Waals surface area contributed by atoms with E-state index >= 15 is 0 Å². The number of likely N-dealkylation sites (N-methyl/N-ethyl adjacent to an activating group) is 1. The molecule has 20 heavy (non-hydrogen) atoms. The van der Waals surface area contributed by atoms with Gasteiger partial charge in [-0.1, -0.05) is 17.7 Å². The minimum atomic E-state index is 0.219. The SMILES string of the molecule is CNC(Cc1c(C)cc(C)cc1C)c1ccnc(C)n1. The maximum Gasteiger partial charge on any atom is 0.125 e. The summed E-state index contributed by atoms with van der Waals surface area (Å²) in [7, 11) is 1.99. The Morgan fingerprint density at radius 2 is 1.75 bits per heavy atom. The molecule has 3 nitrogen and oxygen atoms in total. The molecule has 0 bridgehead atoms. The third-order valence-corrected chi connectivity index (χ3v) is 3.75. The van der Waals surface area contributed by atoms with E-state index in [1.54, 1.807) is 0 Å². The Balaban J connectivity index is 2.32. The standard InChI is InChI=1S/C17H23N3/c1-11-8-12(2)15(13(3)9-11)10-17(18-5)16-6-7-19-14(4)20-16/h6-9,17-18H,10H2,1-5H3. The van der Waals surface area contributed by atoms with Gasteiger partial charge in [0.15, 0.2) is 0 Å². The van der Waals surface area contributed by atoms with E-state index in [2.05, 4.69) is 48.2 Å². The van der Waals surface area contributed by atoms with E-state index < -0.39 is 0 Å². The lowest BCUT2D eigenvalue weighted by Crippen LogP contribution is -2.21. The normalized spacial score (nSPS) is 12.4. The molecule has 1 unspecified atom stereocenters. The van der Waals surface area contributed by atoms with Gasteiger partial charge < -0.3 is 5.32 Å². The number of rotatable bonds is 4. The van der Waals surface area contributed by atoms with E-state index in [9.17, 15) is 0 Å². The molecule has 0 saturated carbocycles. The molecule has 1 aromatic carbocycles. The van der Waals surface area contributed by atoms with Crippen LogP contribution in [-0.2, 0) is 6.42 Å². The summed E-state index contributed by atoms with van der Waals surface area (Å²) < 4.78 is 0. The van der Waals surface area contributed by atoms with Crippen molar-refractivity contribution in [3.63, 3.8) is 0 Å². The van der Waals surface area contributed by atoms with E-state index in [0.29, 0.717) is 0 Å². The summed E-state index contributed by atoms with van der Waals surface area (Å²) in [5.41, 5.74) is 6.50. The van der Waals surface area contributed by atoms with E-state index in [-0.39, 0.29) is 6.04 Å². The van der Waals surface area contributed by atoms with Gasteiger partial charge in [-0.25, -0.2) is 9.97 Å². The molecule has 2 aromatic rings. The topological polar surface area (TPSA) is 37.8 Å². The van der Waals surface area contributed by atoms with Crippen molar-refractivity contribution in [1.82, 2.24) is 15.3 Å². The van der Waals surface area contributed by atoms with Gasteiger partial charge in [-0.2, -0.15) is 0 Å². The predicted molar refractivity (Wildman–Crippen MR) is 82.9 cm³/mol. The molecule has 2 rings (SSSR count). The highest BCUT2D eigenvalue weighted by molar-refractivity contribution is 5.38. The average Bonchev–Trinajstić information content (AvgIpc) is 2.38. The van der Waals surface area contributed by atoms with Gasteiger partial charge in [0.25, 0.3) is 0 Å². The third-order valence-electron chi connectivity index (χ3n) is 3.75. The molecule has 1 atom stereocenters. The highest BCUT2D eigenvalue weighted by Gasteiger charge is 2.15. The van der Waals surface area contributed by atoms with Crippen LogP contribution in [0.2, 0.25) is 0 Å². The summed E-state index contributed by atoms with van der Waals surface area (Å²) in [5.74, 6) is 0.820. The lowest BCUT2D eigenvalue weighted by molar-refractivity contribution is 0.569. The molecular formula is C17H23N3. The van der Waals surface area contributed by atoms with Crippen molar-refractivity contribution in [2.75, 3.05) is 7.05 Å². The van der Waals surface area contributed by atoms with Crippen LogP contribution in [-0.4, -0.2) is 17.0 Å². The molecule has 0 spiro atoms. The van der Waals surface area contributed by atoms with Crippen LogP contribution in [0.25, 0.3) is 0 Å². The first kappa shape index (κ1) is 14.7. The first-order valence-electron chi connectivity index (χ1n) is 7.04. The van der Waals surface area contributed by atoms with Crippen LogP contribution in [0.5, 0.6) is 0 Å². The molecule has 0 radical (unpaired) electrons. The molecule has 1 heterocycles. The van der Waals surface area contributed by atoms with E-state index in [1.807, 2.05) is 26.2 Å². The summed E-state index contributed by atoms with van der Waals surface area (Å²) in [6.45, 7) is 8.45. The van der Waals surface area contributed by atoms with Gasteiger partial charge in [-0.15, -0.1) is 0 Å². The first-order valence-corrected chi connectivity index (χ1v) is 7.04. The molecule has 0 saturated heterocycles. The molecule has 1 N–H and O–H groups in total. The van der Waals surface area contributed by atoms with E-state index in [4.69, 9.17) is 0 Å². The zero-order chi connectivity index (χ0) is 14.7. The minimum Gasteiger partial charge on any atom is -0.311 e. The van der Waals surface area contributed by atoms with Gasteiger partial charge >= 0.3 is 0 Å². The van der Waals surface area contributed by atoms with Crippen LogP contribution in [0.1, 0.15) is 39.8 Å². The number of nitrogens with one attached hydrogen (secondary N) is 1. The van der Waals surface area contributed by atoms with Crippen molar-refractivity contribution >= 4 is 0 Å². The lowest BCUT2D eigenvalue weighted by Gasteiger charge is -2.19. The first-order chi connectivity index (χ1) is 9.51. The van der Waals surface area contributed by atoms with Crippen molar-refractivity contribution in [2.45, 2.75) is 40.2 Å². The van der Waals surface area contributed by atoms with Gasteiger partial charge in [0.1, 0.15) is 5.82 Å². The maximum atomic E-state index is 4.54. The van der Waals surface area contributed by atoms with Crippen LogP contribution in [0, 0.1) is 27.7 Å². The minimum absolute atomic E-state index is 0.219. The Labute approximate surface area is 121 Å². The summed E-state index contributed by atoms with van der Waals surface area (Å²) in [6.07, 6.45) is 2.78. The molecule has 0 aliphatic carbocycles. The van der Waals surface area contributed by atoms with Crippen molar-refractivity contribution in [3.8, 4) is 0 Å². The van der Waals surface area contributed by atoms with Gasteiger partial charge in [0.05, 0.1) is 11.7 Å². The number of aromatic nitrogens is 2. The predicted octanol–water partition coefficient (Wildman–Crippen LogP) is 3.21.